The minimum absolute atomic E-state index is 0.0766. The second-order valence-electron chi connectivity index (χ2n) is 6.47. The summed E-state index contributed by atoms with van der Waals surface area (Å²) in [5.41, 5.74) is 2.83. The Kier molecular flexibility index (Phi) is 4.27. The van der Waals surface area contributed by atoms with Gasteiger partial charge < -0.3 is 8.94 Å². The molecule has 0 atom stereocenters. The molecule has 6 nitrogen and oxygen atoms in total. The Morgan fingerprint density at radius 1 is 1.07 bits per heavy atom. The predicted molar refractivity (Wildman–Crippen MR) is 102 cm³/mol. The van der Waals surface area contributed by atoms with Crippen molar-refractivity contribution < 1.29 is 18.1 Å². The second-order valence-corrected chi connectivity index (χ2v) is 6.47. The molecule has 2 heterocycles. The zero-order valence-corrected chi connectivity index (χ0v) is 15.1. The molecule has 7 heteroatoms. The molecule has 4 rings (SSSR count). The molecule has 2 aromatic heterocycles. The van der Waals surface area contributed by atoms with Crippen molar-refractivity contribution in [1.29, 1.82) is 0 Å². The molecule has 0 unspecified atom stereocenters. The maximum absolute atomic E-state index is 13.0. The summed E-state index contributed by atoms with van der Waals surface area (Å²) in [7, 11) is 0. The van der Waals surface area contributed by atoms with E-state index in [9.17, 15) is 14.0 Å². The summed E-state index contributed by atoms with van der Waals surface area (Å²) in [5, 5.41) is 6.78. The van der Waals surface area contributed by atoms with E-state index in [0.29, 0.717) is 22.2 Å². The minimum atomic E-state index is -0.638. The van der Waals surface area contributed by atoms with E-state index in [2.05, 4.69) is 10.5 Å². The number of rotatable bonds is 3. The van der Waals surface area contributed by atoms with E-state index in [0.717, 1.165) is 17.2 Å². The number of nitrogens with zero attached hydrogens (tertiary/aromatic N) is 1. The number of carbonyl (C=O) groups excluding carboxylic acids is 1. The van der Waals surface area contributed by atoms with E-state index in [1.807, 2.05) is 19.9 Å². The van der Waals surface area contributed by atoms with Crippen molar-refractivity contribution in [3.8, 4) is 11.3 Å². The van der Waals surface area contributed by atoms with Gasteiger partial charge in [0.05, 0.1) is 5.39 Å². The van der Waals surface area contributed by atoms with Gasteiger partial charge in [-0.25, -0.2) is 4.39 Å². The van der Waals surface area contributed by atoms with Crippen LogP contribution in [0.2, 0.25) is 0 Å². The van der Waals surface area contributed by atoms with E-state index < -0.39 is 5.91 Å². The molecule has 0 aliphatic rings. The van der Waals surface area contributed by atoms with Crippen LogP contribution in [0.5, 0.6) is 0 Å². The quantitative estimate of drug-likeness (QED) is 0.569. The lowest BCUT2D eigenvalue weighted by molar-refractivity contribution is 0.0994. The van der Waals surface area contributed by atoms with E-state index in [1.54, 1.807) is 18.2 Å². The molecule has 1 N–H and O–H groups in total. The third-order valence-corrected chi connectivity index (χ3v) is 4.27. The maximum atomic E-state index is 13.0. The summed E-state index contributed by atoms with van der Waals surface area (Å²) >= 11 is 0. The van der Waals surface area contributed by atoms with Crippen molar-refractivity contribution in [2.45, 2.75) is 13.8 Å². The summed E-state index contributed by atoms with van der Waals surface area (Å²) in [6, 6.07) is 11.9. The highest BCUT2D eigenvalue weighted by Gasteiger charge is 2.16. The SMILES string of the molecule is Cc1cc(C)c2oc(C(=O)Nc3cc(-c4ccc(F)cc4)no3)cc(=O)c2c1. The van der Waals surface area contributed by atoms with Crippen molar-refractivity contribution in [3.63, 3.8) is 0 Å². The average molecular weight is 378 g/mol. The molecule has 0 spiro atoms. The summed E-state index contributed by atoms with van der Waals surface area (Å²) in [5.74, 6) is -1.06. The first-order chi connectivity index (χ1) is 13.4. The number of hydrogen-bond acceptors (Lipinski definition) is 5. The van der Waals surface area contributed by atoms with Crippen LogP contribution >= 0.6 is 0 Å². The van der Waals surface area contributed by atoms with Gasteiger partial charge in [0.15, 0.2) is 11.2 Å². The molecule has 28 heavy (non-hydrogen) atoms. The van der Waals surface area contributed by atoms with Gasteiger partial charge in [-0.3, -0.25) is 14.9 Å². The van der Waals surface area contributed by atoms with Crippen LogP contribution in [0.4, 0.5) is 10.3 Å². The number of aromatic nitrogens is 1. The number of hydrogen-bond donors (Lipinski definition) is 1. The van der Waals surface area contributed by atoms with Gasteiger partial charge in [-0.15, -0.1) is 0 Å². The lowest BCUT2D eigenvalue weighted by Crippen LogP contribution is -2.15. The van der Waals surface area contributed by atoms with Gasteiger partial charge in [-0.1, -0.05) is 11.2 Å². The number of fused-ring (bicyclic) bond motifs is 1. The van der Waals surface area contributed by atoms with Crippen molar-refractivity contribution in [2.24, 2.45) is 0 Å². The molecule has 0 aliphatic heterocycles. The second kappa shape index (κ2) is 6.77. The minimum Gasteiger partial charge on any atom is -0.450 e. The molecule has 0 bridgehead atoms. The van der Waals surface area contributed by atoms with E-state index >= 15 is 0 Å². The Morgan fingerprint density at radius 2 is 1.82 bits per heavy atom. The Balaban J connectivity index is 1.62. The lowest BCUT2D eigenvalue weighted by Gasteiger charge is -2.06. The van der Waals surface area contributed by atoms with Crippen molar-refractivity contribution in [2.75, 3.05) is 5.32 Å². The van der Waals surface area contributed by atoms with Crippen LogP contribution in [0, 0.1) is 19.7 Å². The first-order valence-electron chi connectivity index (χ1n) is 8.50. The first kappa shape index (κ1) is 17.7. The van der Waals surface area contributed by atoms with E-state index in [4.69, 9.17) is 8.94 Å². The van der Waals surface area contributed by atoms with Gasteiger partial charge >= 0.3 is 0 Å². The van der Waals surface area contributed by atoms with Crippen molar-refractivity contribution >= 4 is 22.8 Å². The van der Waals surface area contributed by atoms with Crippen LogP contribution in [-0.2, 0) is 0 Å². The molecular weight excluding hydrogens is 363 g/mol. The molecule has 1 amide bonds. The third-order valence-electron chi connectivity index (χ3n) is 4.27. The van der Waals surface area contributed by atoms with Crippen LogP contribution in [0.3, 0.4) is 0 Å². The van der Waals surface area contributed by atoms with Gasteiger partial charge in [-0.2, -0.15) is 0 Å². The molecular formula is C21H15FN2O4. The number of aryl methyl sites for hydroxylation is 2. The number of carbonyl (C=O) groups is 1. The fourth-order valence-corrected chi connectivity index (χ4v) is 2.99. The molecule has 0 saturated carbocycles. The fraction of sp³-hybridized carbons (Fsp3) is 0.0952. The Morgan fingerprint density at radius 3 is 2.57 bits per heavy atom. The van der Waals surface area contributed by atoms with Gasteiger partial charge in [0.2, 0.25) is 5.88 Å². The molecule has 0 fully saturated rings. The van der Waals surface area contributed by atoms with Crippen molar-refractivity contribution in [3.05, 3.63) is 81.5 Å². The van der Waals surface area contributed by atoms with Crippen LogP contribution in [0.1, 0.15) is 21.7 Å². The fourth-order valence-electron chi connectivity index (χ4n) is 2.99. The molecule has 0 radical (unpaired) electrons. The standard InChI is InChI=1S/C21H15FN2O4/c1-11-7-12(2)20-15(8-11)17(25)10-18(27-20)21(26)23-19-9-16(24-28-19)13-3-5-14(22)6-4-13/h3-10H,1-2H3,(H,23,26). The smallest absolute Gasteiger partial charge is 0.293 e. The number of halogens is 1. The Bertz CT molecular complexity index is 1260. The molecule has 0 saturated heterocycles. The van der Waals surface area contributed by atoms with Gasteiger partial charge in [-0.05, 0) is 55.3 Å². The normalized spacial score (nSPS) is 11.0. The van der Waals surface area contributed by atoms with Gasteiger partial charge in [0.25, 0.3) is 5.91 Å². The monoisotopic (exact) mass is 378 g/mol. The molecule has 2 aromatic carbocycles. The highest BCUT2D eigenvalue weighted by molar-refractivity contribution is 6.02. The topological polar surface area (TPSA) is 85.3 Å². The zero-order valence-electron chi connectivity index (χ0n) is 15.1. The summed E-state index contributed by atoms with van der Waals surface area (Å²) in [4.78, 5) is 24.9. The number of anilines is 1. The summed E-state index contributed by atoms with van der Waals surface area (Å²) in [6.07, 6.45) is 0. The summed E-state index contributed by atoms with van der Waals surface area (Å²) in [6.45, 7) is 3.69. The van der Waals surface area contributed by atoms with Crippen LogP contribution < -0.4 is 10.7 Å². The third kappa shape index (κ3) is 3.29. The largest absolute Gasteiger partial charge is 0.450 e. The number of nitrogens with one attached hydrogen (secondary N) is 1. The van der Waals surface area contributed by atoms with Crippen LogP contribution in [-0.4, -0.2) is 11.1 Å². The van der Waals surface area contributed by atoms with E-state index in [1.165, 1.54) is 18.2 Å². The molecule has 4 aromatic rings. The van der Waals surface area contributed by atoms with E-state index in [-0.39, 0.29) is 22.9 Å². The zero-order chi connectivity index (χ0) is 19.8. The molecule has 0 aliphatic carbocycles. The Hall–Kier alpha value is -3.74. The van der Waals surface area contributed by atoms with Crippen LogP contribution in [0.25, 0.3) is 22.2 Å². The molecule has 140 valence electrons. The van der Waals surface area contributed by atoms with Crippen molar-refractivity contribution in [1.82, 2.24) is 5.16 Å². The van der Waals surface area contributed by atoms with Gasteiger partial charge in [0, 0.05) is 17.7 Å². The highest BCUT2D eigenvalue weighted by atomic mass is 19.1. The maximum Gasteiger partial charge on any atom is 0.293 e. The predicted octanol–water partition coefficient (Wildman–Crippen LogP) is 4.46. The Labute approximate surface area is 158 Å². The van der Waals surface area contributed by atoms with Gasteiger partial charge in [0.1, 0.15) is 17.1 Å². The lowest BCUT2D eigenvalue weighted by atomic mass is 10.1. The highest BCUT2D eigenvalue weighted by Crippen LogP contribution is 2.23. The number of benzene rings is 2. The first-order valence-corrected chi connectivity index (χ1v) is 8.50. The average Bonchev–Trinajstić information content (AvgIpc) is 3.11. The van der Waals surface area contributed by atoms with Crippen LogP contribution in [0.15, 0.2) is 62.3 Å². The number of amides is 1. The summed E-state index contributed by atoms with van der Waals surface area (Å²) < 4.78 is 23.8.